The van der Waals surface area contributed by atoms with Crippen molar-refractivity contribution in [2.24, 2.45) is 0 Å². The Kier molecular flexibility index (Phi) is 5.51. The van der Waals surface area contributed by atoms with Gasteiger partial charge in [-0.1, -0.05) is 16.8 Å². The van der Waals surface area contributed by atoms with Crippen LogP contribution in [0.2, 0.25) is 5.02 Å². The number of rotatable bonds is 6. The van der Waals surface area contributed by atoms with E-state index in [-0.39, 0.29) is 36.5 Å². The third kappa shape index (κ3) is 3.92. The summed E-state index contributed by atoms with van der Waals surface area (Å²) in [5.74, 6) is 0.902. The average Bonchev–Trinajstić information content (AvgIpc) is 3.34. The van der Waals surface area contributed by atoms with Crippen molar-refractivity contribution in [3.63, 3.8) is 0 Å². The number of halogens is 1. The van der Waals surface area contributed by atoms with E-state index in [1.807, 2.05) is 13.8 Å². The molecule has 1 aliphatic carbocycles. The predicted molar refractivity (Wildman–Crippen MR) is 110 cm³/mol. The number of carbonyl (C=O) groups excluding carboxylic acids is 1. The van der Waals surface area contributed by atoms with Gasteiger partial charge >= 0.3 is 5.63 Å². The van der Waals surface area contributed by atoms with Gasteiger partial charge in [0.15, 0.2) is 12.4 Å². The first-order valence-corrected chi connectivity index (χ1v) is 10.2. The van der Waals surface area contributed by atoms with Gasteiger partial charge in [0.25, 0.3) is 5.91 Å². The van der Waals surface area contributed by atoms with E-state index in [2.05, 4.69) is 10.1 Å². The third-order valence-electron chi connectivity index (χ3n) is 5.20. The Morgan fingerprint density at radius 3 is 2.77 bits per heavy atom. The lowest BCUT2D eigenvalue weighted by molar-refractivity contribution is -0.135. The summed E-state index contributed by atoms with van der Waals surface area (Å²) in [4.78, 5) is 30.7. The van der Waals surface area contributed by atoms with Crippen molar-refractivity contribution in [3.05, 3.63) is 50.4 Å². The van der Waals surface area contributed by atoms with Gasteiger partial charge < -0.3 is 18.6 Å². The molecule has 0 bridgehead atoms. The number of aryl methyl sites for hydroxylation is 2. The molecule has 1 aromatic carbocycles. The highest BCUT2D eigenvalue weighted by atomic mass is 35.5. The Morgan fingerprint density at radius 2 is 2.07 bits per heavy atom. The number of ether oxygens (including phenoxy) is 1. The highest BCUT2D eigenvalue weighted by Crippen LogP contribution is 2.34. The molecule has 1 amide bonds. The summed E-state index contributed by atoms with van der Waals surface area (Å²) in [5.41, 5.74) is 1.81. The maximum Gasteiger partial charge on any atom is 0.339 e. The molecule has 0 aliphatic heterocycles. The Hall–Kier alpha value is -2.87. The molecule has 0 saturated carbocycles. The van der Waals surface area contributed by atoms with Crippen molar-refractivity contribution in [2.75, 3.05) is 6.61 Å². The van der Waals surface area contributed by atoms with E-state index in [9.17, 15) is 9.59 Å². The minimum atomic E-state index is -0.319. The molecule has 0 unspecified atom stereocenters. The molecule has 8 nitrogen and oxygen atoms in total. The summed E-state index contributed by atoms with van der Waals surface area (Å²) in [5, 5.41) is 5.03. The number of fused-ring (bicyclic) bond motifs is 3. The molecular formula is C21H22ClN3O5. The zero-order valence-electron chi connectivity index (χ0n) is 17.0. The fraction of sp³-hybridized carbons (Fsp3) is 0.429. The molecule has 0 spiro atoms. The van der Waals surface area contributed by atoms with Gasteiger partial charge in [-0.3, -0.25) is 4.79 Å². The summed E-state index contributed by atoms with van der Waals surface area (Å²) in [6, 6.07) is 3.23. The minimum absolute atomic E-state index is 0.0902. The normalized spacial score (nSPS) is 13.1. The maximum atomic E-state index is 12.7. The third-order valence-corrected chi connectivity index (χ3v) is 5.50. The fourth-order valence-electron chi connectivity index (χ4n) is 3.73. The Morgan fingerprint density at radius 1 is 1.30 bits per heavy atom. The zero-order chi connectivity index (χ0) is 21.4. The van der Waals surface area contributed by atoms with Crippen molar-refractivity contribution < 1.29 is 18.5 Å². The van der Waals surface area contributed by atoms with Crippen molar-refractivity contribution in [3.8, 4) is 5.75 Å². The largest absolute Gasteiger partial charge is 0.482 e. The topological polar surface area (TPSA) is 98.7 Å². The fourth-order valence-corrected chi connectivity index (χ4v) is 3.95. The smallest absolute Gasteiger partial charge is 0.339 e. The van der Waals surface area contributed by atoms with Crippen molar-refractivity contribution in [1.29, 1.82) is 0 Å². The second-order valence-electron chi connectivity index (χ2n) is 7.61. The molecule has 30 heavy (non-hydrogen) atoms. The van der Waals surface area contributed by atoms with Crippen LogP contribution in [0.15, 0.2) is 25.9 Å². The van der Waals surface area contributed by atoms with E-state index in [0.29, 0.717) is 22.3 Å². The van der Waals surface area contributed by atoms with Gasteiger partial charge in [-0.05, 0) is 44.7 Å². The second-order valence-corrected chi connectivity index (χ2v) is 8.02. The quantitative estimate of drug-likeness (QED) is 0.551. The number of nitrogens with zero attached hydrogens (tertiary/aromatic N) is 3. The minimum Gasteiger partial charge on any atom is -0.482 e. The van der Waals surface area contributed by atoms with Crippen LogP contribution in [0, 0.1) is 6.92 Å². The standard InChI is InChI=1S/C21H22ClN3O5/c1-11(2)25(9-19-23-12(3)30-24-19)20(26)10-28-18-8-17-15(7-16(18)22)13-5-4-6-14(13)21(27)29-17/h7-8,11H,4-6,9-10H2,1-3H3. The van der Waals surface area contributed by atoms with Crippen molar-refractivity contribution >= 4 is 28.5 Å². The van der Waals surface area contributed by atoms with Crippen LogP contribution < -0.4 is 10.4 Å². The van der Waals surface area contributed by atoms with Gasteiger partial charge in [0, 0.05) is 30.0 Å². The SMILES string of the molecule is Cc1nc(CN(C(=O)COc2cc3oc(=O)c4c(c3cc2Cl)CCC4)C(C)C)no1. The highest BCUT2D eigenvalue weighted by molar-refractivity contribution is 6.32. The molecule has 2 heterocycles. The molecule has 0 saturated heterocycles. The van der Waals surface area contributed by atoms with Crippen LogP contribution in [0.3, 0.4) is 0 Å². The molecule has 158 valence electrons. The summed E-state index contributed by atoms with van der Waals surface area (Å²) < 4.78 is 16.1. The Bertz CT molecular complexity index is 1170. The van der Waals surface area contributed by atoms with Crippen LogP contribution in [-0.2, 0) is 24.2 Å². The van der Waals surface area contributed by atoms with Crippen LogP contribution in [0.1, 0.15) is 43.1 Å². The number of aromatic nitrogens is 2. The first-order valence-electron chi connectivity index (χ1n) is 9.83. The zero-order valence-corrected chi connectivity index (χ0v) is 17.8. The lowest BCUT2D eigenvalue weighted by Crippen LogP contribution is -2.39. The Labute approximate surface area is 177 Å². The van der Waals surface area contributed by atoms with Gasteiger partial charge in [0.1, 0.15) is 11.3 Å². The lowest BCUT2D eigenvalue weighted by Gasteiger charge is -2.25. The van der Waals surface area contributed by atoms with E-state index < -0.39 is 0 Å². The molecule has 0 fully saturated rings. The number of hydrogen-bond acceptors (Lipinski definition) is 7. The van der Waals surface area contributed by atoms with Crippen LogP contribution in [-0.4, -0.2) is 33.6 Å². The second kappa shape index (κ2) is 8.10. The molecule has 9 heteroatoms. The van der Waals surface area contributed by atoms with E-state index in [0.717, 1.165) is 35.8 Å². The highest BCUT2D eigenvalue weighted by Gasteiger charge is 2.23. The summed E-state index contributed by atoms with van der Waals surface area (Å²) >= 11 is 6.40. The van der Waals surface area contributed by atoms with Gasteiger partial charge in [-0.15, -0.1) is 0 Å². The van der Waals surface area contributed by atoms with E-state index in [1.165, 1.54) is 0 Å². The van der Waals surface area contributed by atoms with E-state index >= 15 is 0 Å². The van der Waals surface area contributed by atoms with Crippen molar-refractivity contribution in [2.45, 2.75) is 52.6 Å². The molecule has 3 aromatic rings. The molecule has 0 N–H and O–H groups in total. The average molecular weight is 432 g/mol. The monoisotopic (exact) mass is 431 g/mol. The van der Waals surface area contributed by atoms with Gasteiger partial charge in [0.2, 0.25) is 5.89 Å². The number of hydrogen-bond donors (Lipinski definition) is 0. The Balaban J connectivity index is 1.53. The predicted octanol–water partition coefficient (Wildman–Crippen LogP) is 3.44. The lowest BCUT2D eigenvalue weighted by atomic mass is 10.1. The number of benzene rings is 1. The molecule has 0 atom stereocenters. The van der Waals surface area contributed by atoms with Gasteiger partial charge in [-0.2, -0.15) is 4.98 Å². The molecule has 4 rings (SSSR count). The molecular weight excluding hydrogens is 410 g/mol. The molecule has 0 radical (unpaired) electrons. The van der Waals surface area contributed by atoms with Crippen LogP contribution in [0.25, 0.3) is 11.0 Å². The van der Waals surface area contributed by atoms with Crippen molar-refractivity contribution in [1.82, 2.24) is 15.0 Å². The summed E-state index contributed by atoms with van der Waals surface area (Å²) in [7, 11) is 0. The van der Waals surface area contributed by atoms with Crippen LogP contribution in [0.5, 0.6) is 5.75 Å². The number of amides is 1. The summed E-state index contributed by atoms with van der Waals surface area (Å²) in [6.07, 6.45) is 2.47. The van der Waals surface area contributed by atoms with E-state index in [4.69, 9.17) is 25.3 Å². The van der Waals surface area contributed by atoms with E-state index in [1.54, 1.807) is 24.0 Å². The number of carbonyl (C=O) groups is 1. The maximum absolute atomic E-state index is 12.7. The van der Waals surface area contributed by atoms with Gasteiger partial charge in [-0.25, -0.2) is 4.79 Å². The summed E-state index contributed by atoms with van der Waals surface area (Å²) in [6.45, 7) is 5.46. The van der Waals surface area contributed by atoms with Crippen LogP contribution in [0.4, 0.5) is 0 Å². The molecule has 1 aliphatic rings. The first-order chi connectivity index (χ1) is 14.3. The molecule has 2 aromatic heterocycles. The first kappa shape index (κ1) is 20.4. The van der Waals surface area contributed by atoms with Gasteiger partial charge in [0.05, 0.1) is 11.6 Å². The van der Waals surface area contributed by atoms with Crippen LogP contribution >= 0.6 is 11.6 Å².